The van der Waals surface area contributed by atoms with Crippen molar-refractivity contribution < 1.29 is 71.8 Å². The molecular weight excluding hydrogens is 1210 g/mol. The first-order valence-electron chi connectivity index (χ1n) is 25.7. The normalized spacial score (nSPS) is 19.8. The van der Waals surface area contributed by atoms with Gasteiger partial charge in [0.2, 0.25) is 56.6 Å². The highest BCUT2D eigenvalue weighted by atomic mass is 35.5. The summed E-state index contributed by atoms with van der Waals surface area (Å²) >= 11 is 12.9. The summed E-state index contributed by atoms with van der Waals surface area (Å²) in [6, 6.07) is 12.5. The minimum atomic E-state index is -4.17. The van der Waals surface area contributed by atoms with Crippen molar-refractivity contribution in [3.05, 3.63) is 176 Å². The predicted octanol–water partition coefficient (Wildman–Crippen LogP) is 6.39. The van der Waals surface area contributed by atoms with Crippen LogP contribution in [0.15, 0.2) is 122 Å². The number of anilines is 4. The Bertz CT molecular complexity index is 3860. The summed E-state index contributed by atoms with van der Waals surface area (Å²) in [7, 11) is -8.23. The van der Waals surface area contributed by atoms with Gasteiger partial charge in [0.05, 0.1) is 23.1 Å². The number of carbonyl (C=O) groups excluding carboxylic acids is 4. The van der Waals surface area contributed by atoms with E-state index >= 15 is 0 Å². The van der Waals surface area contributed by atoms with Gasteiger partial charge < -0.3 is 21.0 Å². The van der Waals surface area contributed by atoms with Crippen molar-refractivity contribution in [1.29, 1.82) is 5.26 Å². The van der Waals surface area contributed by atoms with E-state index in [1.54, 1.807) is 19.1 Å². The van der Waals surface area contributed by atoms with Crippen LogP contribution in [0.3, 0.4) is 0 Å². The summed E-state index contributed by atoms with van der Waals surface area (Å²) in [5.74, 6) is -13.3. The lowest BCUT2D eigenvalue weighted by atomic mass is 9.87. The number of amides is 4. The summed E-state index contributed by atoms with van der Waals surface area (Å²) in [6.07, 6.45) is 2.28. The van der Waals surface area contributed by atoms with E-state index in [9.17, 15) is 78.0 Å². The smallest absolute Gasteiger partial charge is 0.252 e. The lowest BCUT2D eigenvalue weighted by Crippen LogP contribution is -2.56. The minimum absolute atomic E-state index is 0.000169. The molecule has 2 aliphatic heterocycles. The van der Waals surface area contributed by atoms with E-state index in [1.165, 1.54) is 67.0 Å². The Labute approximate surface area is 491 Å². The van der Waals surface area contributed by atoms with Crippen LogP contribution in [0.1, 0.15) is 72.9 Å². The SMILES string of the molecule is Cc1ccnc(N2[C@H](C(=O)N(c3cc(F)c[n+]([O-])c3)[C@H](C(=O)NC3CC(F)(F)C3)c3ccccc3Cl)CCS2(=O)=O)c1.N#Cc1ccnc(N2[C@H](C(=O)N(c3cc(F)c[n+]([O-])c3)[C@@H](C(=O)NC3CC(F)(F)C3)c3ccccc3Cl)CCS2(=O)=O)c1. The van der Waals surface area contributed by atoms with Gasteiger partial charge >= 0.3 is 0 Å². The van der Waals surface area contributed by atoms with E-state index in [0.29, 0.717) is 22.3 Å². The quantitative estimate of drug-likeness (QED) is 0.0681. The van der Waals surface area contributed by atoms with E-state index in [-0.39, 0.29) is 66.4 Å². The number of aryl methyl sites for hydroxylation is 1. The van der Waals surface area contributed by atoms with Crippen LogP contribution in [-0.4, -0.2) is 98.0 Å². The zero-order chi connectivity index (χ0) is 61.5. The summed E-state index contributed by atoms with van der Waals surface area (Å²) in [5.41, 5.74) is -0.0530. The Morgan fingerprint density at radius 2 is 1.06 bits per heavy atom. The monoisotopic (exact) mass is 1260 g/mol. The van der Waals surface area contributed by atoms with Crippen LogP contribution in [0.25, 0.3) is 0 Å². The van der Waals surface area contributed by atoms with Crippen molar-refractivity contribution in [3.63, 3.8) is 0 Å². The minimum Gasteiger partial charge on any atom is -0.619 e. The van der Waals surface area contributed by atoms with Crippen LogP contribution in [0.5, 0.6) is 0 Å². The number of nitriles is 1. The van der Waals surface area contributed by atoms with E-state index in [2.05, 4.69) is 20.6 Å². The predicted molar refractivity (Wildman–Crippen MR) is 294 cm³/mol. The zero-order valence-corrected chi connectivity index (χ0v) is 47.3. The maximum Gasteiger partial charge on any atom is 0.252 e. The highest BCUT2D eigenvalue weighted by Crippen LogP contribution is 2.42. The second-order valence-electron chi connectivity index (χ2n) is 20.4. The number of aromatic nitrogens is 4. The van der Waals surface area contributed by atoms with Gasteiger partial charge in [-0.25, -0.2) is 61.8 Å². The van der Waals surface area contributed by atoms with E-state index in [4.69, 9.17) is 23.2 Å². The fourth-order valence-electron chi connectivity index (χ4n) is 10.3. The van der Waals surface area contributed by atoms with Crippen molar-refractivity contribution >= 4 is 89.9 Å². The molecule has 4 atom stereocenters. The summed E-state index contributed by atoms with van der Waals surface area (Å²) in [6.45, 7) is 1.71. The molecule has 21 nitrogen and oxygen atoms in total. The molecule has 4 amide bonds. The zero-order valence-electron chi connectivity index (χ0n) is 44.1. The Balaban J connectivity index is 0.000000204. The molecule has 2 aliphatic carbocycles. The fraction of sp³-hybridized carbons (Fsp3) is 0.315. The van der Waals surface area contributed by atoms with Gasteiger partial charge in [-0.15, -0.1) is 0 Å². The van der Waals surface area contributed by atoms with Crippen molar-refractivity contribution in [2.45, 2.75) is 93.5 Å². The number of hydrogen-bond donors (Lipinski definition) is 2. The third kappa shape index (κ3) is 13.3. The lowest BCUT2D eigenvalue weighted by molar-refractivity contribution is -0.606. The van der Waals surface area contributed by atoms with Gasteiger partial charge in [0, 0.05) is 83.5 Å². The number of alkyl halides is 4. The van der Waals surface area contributed by atoms with Crippen LogP contribution in [0, 0.1) is 40.3 Å². The summed E-state index contributed by atoms with van der Waals surface area (Å²) in [4.78, 5) is 66.2. The molecule has 6 heterocycles. The fourth-order valence-corrected chi connectivity index (χ4v) is 14.2. The third-order valence-corrected chi connectivity index (χ3v) is 18.4. The molecule has 446 valence electrons. The van der Waals surface area contributed by atoms with E-state index < -0.39 is 146 Å². The molecular formula is C54H47Cl2F6N11O10S2. The molecule has 4 aromatic heterocycles. The van der Waals surface area contributed by atoms with Crippen LogP contribution >= 0.6 is 23.2 Å². The number of nitrogens with one attached hydrogen (secondary N) is 2. The molecule has 4 fully saturated rings. The number of pyridine rings is 4. The van der Waals surface area contributed by atoms with E-state index in [0.717, 1.165) is 44.7 Å². The van der Waals surface area contributed by atoms with Crippen LogP contribution in [0.2, 0.25) is 10.0 Å². The van der Waals surface area contributed by atoms with Crippen molar-refractivity contribution in [2.24, 2.45) is 0 Å². The molecule has 6 aromatic rings. The van der Waals surface area contributed by atoms with Crippen LogP contribution < -0.4 is 38.5 Å². The molecule has 4 aliphatic rings. The van der Waals surface area contributed by atoms with Gasteiger partial charge in [-0.1, -0.05) is 59.6 Å². The highest BCUT2D eigenvalue weighted by molar-refractivity contribution is 7.93. The number of nitrogens with zero attached hydrogens (tertiary/aromatic N) is 9. The molecule has 0 radical (unpaired) electrons. The number of rotatable bonds is 14. The summed E-state index contributed by atoms with van der Waals surface area (Å²) in [5, 5.41) is 38.9. The largest absolute Gasteiger partial charge is 0.619 e. The van der Waals surface area contributed by atoms with Gasteiger partial charge in [0.15, 0.2) is 11.6 Å². The second-order valence-corrected chi connectivity index (χ2v) is 25.1. The summed E-state index contributed by atoms with van der Waals surface area (Å²) < 4.78 is 138. The topological polar surface area (TPSA) is 277 Å². The molecule has 0 unspecified atom stereocenters. The standard InChI is InChI=1S/C27H22ClF3N6O5S.C27H25ClF3N5O5S/c28-21-4-2-1-3-20(21)24(25(38)34-18-11-27(30,31)12-18)36(19-10-17(29)14-35(40)15-19)26(39)22-6-8-43(41,42)37(22)23-9-16(13-32)5-7-33-23;1-16-6-8-32-23(10-16)36-22(7-9-42(36,40)41)26(38)35(19-11-17(29)14-34(39)15-19)24(20-4-2-3-5-21(20)28)25(37)33-18-12-27(30,31)13-18/h1-5,7,9-10,14-15,18,22,24H,6,8,11-12H2,(H,34,38);2-6,8,10-11,14-15,18,22,24H,7,9,12-13H2,1H3,(H,33,37)/t22-,24+;22-,24-/m00/s1. The van der Waals surface area contributed by atoms with Crippen molar-refractivity contribution in [3.8, 4) is 6.07 Å². The number of benzene rings is 2. The highest BCUT2D eigenvalue weighted by Gasteiger charge is 2.52. The van der Waals surface area contributed by atoms with Gasteiger partial charge in [-0.3, -0.25) is 29.0 Å². The molecule has 2 aromatic carbocycles. The van der Waals surface area contributed by atoms with Crippen molar-refractivity contribution in [2.75, 3.05) is 29.9 Å². The number of sulfonamides is 2. The number of hydrogen-bond acceptors (Lipinski definition) is 13. The first-order chi connectivity index (χ1) is 40.0. The van der Waals surface area contributed by atoms with Gasteiger partial charge in [-0.2, -0.15) is 14.7 Å². The average molecular weight is 1260 g/mol. The third-order valence-electron chi connectivity index (χ3n) is 14.2. The Hall–Kier alpha value is -8.33. The lowest BCUT2D eigenvalue weighted by Gasteiger charge is -2.39. The Morgan fingerprint density at radius 1 is 0.659 bits per heavy atom. The van der Waals surface area contributed by atoms with Crippen LogP contribution in [-0.2, 0) is 39.2 Å². The van der Waals surface area contributed by atoms with Crippen LogP contribution in [0.4, 0.5) is 49.4 Å². The molecule has 85 heavy (non-hydrogen) atoms. The second kappa shape index (κ2) is 24.0. The molecule has 2 saturated heterocycles. The maximum absolute atomic E-state index is 14.6. The average Bonchev–Trinajstić information content (AvgIpc) is 2.57. The molecule has 0 bridgehead atoms. The number of halogens is 8. The first kappa shape index (κ1) is 61.2. The molecule has 10 rings (SSSR count). The van der Waals surface area contributed by atoms with Gasteiger partial charge in [-0.05, 0) is 61.7 Å². The molecule has 2 saturated carbocycles. The molecule has 0 spiro atoms. The maximum atomic E-state index is 14.6. The molecule has 31 heteroatoms. The number of carbonyl (C=O) groups is 4. The van der Waals surface area contributed by atoms with Gasteiger partial charge in [0.25, 0.3) is 23.7 Å². The molecule has 2 N–H and O–H groups in total. The van der Waals surface area contributed by atoms with Gasteiger partial charge in [0.1, 0.15) is 47.2 Å². The van der Waals surface area contributed by atoms with E-state index in [1.807, 2.05) is 6.07 Å². The Morgan fingerprint density at radius 3 is 1.44 bits per heavy atom. The first-order valence-corrected chi connectivity index (χ1v) is 29.7. The Kier molecular flexibility index (Phi) is 17.3. The van der Waals surface area contributed by atoms with Crippen molar-refractivity contribution in [1.82, 2.24) is 20.6 Å².